The Labute approximate surface area is 114 Å². The molecule has 0 aromatic heterocycles. The van der Waals surface area contributed by atoms with E-state index in [1.807, 2.05) is 6.07 Å². The van der Waals surface area contributed by atoms with E-state index in [0.29, 0.717) is 25.3 Å². The molecule has 0 bridgehead atoms. The van der Waals surface area contributed by atoms with Crippen LogP contribution < -0.4 is 20.1 Å². The SMILES string of the molecule is CC(NCC1CCCN1)c1ccc2c(c1)OCCO2. The first kappa shape index (κ1) is 12.8. The molecule has 1 saturated heterocycles. The number of fused-ring (bicyclic) bond motifs is 1. The van der Waals surface area contributed by atoms with Gasteiger partial charge >= 0.3 is 0 Å². The van der Waals surface area contributed by atoms with Crippen molar-refractivity contribution in [2.24, 2.45) is 0 Å². The Morgan fingerprint density at radius 2 is 2.16 bits per heavy atom. The summed E-state index contributed by atoms with van der Waals surface area (Å²) >= 11 is 0. The van der Waals surface area contributed by atoms with Crippen LogP contribution in [0.3, 0.4) is 0 Å². The normalized spacial score (nSPS) is 23.3. The Kier molecular flexibility index (Phi) is 3.89. The molecule has 0 radical (unpaired) electrons. The van der Waals surface area contributed by atoms with Gasteiger partial charge in [-0.05, 0) is 44.0 Å². The third-order valence-corrected chi connectivity index (χ3v) is 3.90. The second-order valence-electron chi connectivity index (χ2n) is 5.33. The van der Waals surface area contributed by atoms with E-state index in [1.165, 1.54) is 18.4 Å². The Morgan fingerprint density at radius 1 is 1.32 bits per heavy atom. The van der Waals surface area contributed by atoms with Crippen LogP contribution in [-0.2, 0) is 0 Å². The predicted molar refractivity (Wildman–Crippen MR) is 74.9 cm³/mol. The van der Waals surface area contributed by atoms with E-state index >= 15 is 0 Å². The Balaban J connectivity index is 1.60. The maximum absolute atomic E-state index is 5.63. The highest BCUT2D eigenvalue weighted by molar-refractivity contribution is 5.44. The molecule has 19 heavy (non-hydrogen) atoms. The summed E-state index contributed by atoms with van der Waals surface area (Å²) in [5.41, 5.74) is 1.25. The molecule has 4 nitrogen and oxygen atoms in total. The van der Waals surface area contributed by atoms with Crippen LogP contribution in [0, 0.1) is 0 Å². The summed E-state index contributed by atoms with van der Waals surface area (Å²) in [6.45, 7) is 5.67. The fourth-order valence-electron chi connectivity index (χ4n) is 2.70. The van der Waals surface area contributed by atoms with Gasteiger partial charge in [-0.3, -0.25) is 0 Å². The fourth-order valence-corrected chi connectivity index (χ4v) is 2.70. The van der Waals surface area contributed by atoms with Gasteiger partial charge in [-0.15, -0.1) is 0 Å². The monoisotopic (exact) mass is 262 g/mol. The van der Waals surface area contributed by atoms with Crippen LogP contribution in [0.4, 0.5) is 0 Å². The molecule has 2 N–H and O–H groups in total. The average Bonchev–Trinajstić information content (AvgIpc) is 2.97. The summed E-state index contributed by atoms with van der Waals surface area (Å²) in [6, 6.07) is 7.18. The molecule has 2 atom stereocenters. The van der Waals surface area contributed by atoms with Crippen molar-refractivity contribution in [2.75, 3.05) is 26.3 Å². The highest BCUT2D eigenvalue weighted by atomic mass is 16.6. The molecule has 104 valence electrons. The highest BCUT2D eigenvalue weighted by Crippen LogP contribution is 2.32. The molecule has 2 heterocycles. The van der Waals surface area contributed by atoms with E-state index in [9.17, 15) is 0 Å². The zero-order valence-corrected chi connectivity index (χ0v) is 11.4. The molecule has 0 amide bonds. The van der Waals surface area contributed by atoms with Crippen LogP contribution in [0.25, 0.3) is 0 Å². The standard InChI is InChI=1S/C15H22N2O2/c1-11(17-10-13-3-2-6-16-13)12-4-5-14-15(9-12)19-8-7-18-14/h4-5,9,11,13,16-17H,2-3,6-8,10H2,1H3. The molecule has 0 spiro atoms. The lowest BCUT2D eigenvalue weighted by molar-refractivity contribution is 0.171. The number of ether oxygens (including phenoxy) is 2. The van der Waals surface area contributed by atoms with Crippen molar-refractivity contribution in [1.29, 1.82) is 0 Å². The van der Waals surface area contributed by atoms with Gasteiger partial charge in [-0.25, -0.2) is 0 Å². The fraction of sp³-hybridized carbons (Fsp3) is 0.600. The number of hydrogen-bond acceptors (Lipinski definition) is 4. The van der Waals surface area contributed by atoms with E-state index < -0.39 is 0 Å². The summed E-state index contributed by atoms with van der Waals surface area (Å²) in [6.07, 6.45) is 2.58. The van der Waals surface area contributed by atoms with E-state index in [2.05, 4.69) is 29.7 Å². The van der Waals surface area contributed by atoms with Gasteiger partial charge in [0.25, 0.3) is 0 Å². The van der Waals surface area contributed by atoms with Gasteiger partial charge in [0.2, 0.25) is 0 Å². The number of rotatable bonds is 4. The second kappa shape index (κ2) is 5.80. The lowest BCUT2D eigenvalue weighted by Gasteiger charge is -2.22. The van der Waals surface area contributed by atoms with Crippen molar-refractivity contribution in [2.45, 2.75) is 31.8 Å². The first-order valence-electron chi connectivity index (χ1n) is 7.19. The van der Waals surface area contributed by atoms with E-state index in [-0.39, 0.29) is 0 Å². The van der Waals surface area contributed by atoms with Crippen molar-refractivity contribution in [3.05, 3.63) is 23.8 Å². The molecule has 2 aliphatic rings. The molecule has 4 heteroatoms. The van der Waals surface area contributed by atoms with Crippen molar-refractivity contribution in [3.8, 4) is 11.5 Å². The molecular formula is C15H22N2O2. The van der Waals surface area contributed by atoms with Gasteiger partial charge in [-0.1, -0.05) is 6.07 Å². The summed E-state index contributed by atoms with van der Waals surface area (Å²) < 4.78 is 11.2. The minimum atomic E-state index is 0.332. The quantitative estimate of drug-likeness (QED) is 0.869. The smallest absolute Gasteiger partial charge is 0.161 e. The lowest BCUT2D eigenvalue weighted by Crippen LogP contribution is -2.35. The number of nitrogens with one attached hydrogen (secondary N) is 2. The highest BCUT2D eigenvalue weighted by Gasteiger charge is 2.17. The zero-order valence-electron chi connectivity index (χ0n) is 11.4. The zero-order chi connectivity index (χ0) is 13.1. The molecule has 1 fully saturated rings. The molecule has 1 aromatic rings. The van der Waals surface area contributed by atoms with Gasteiger partial charge in [0.05, 0.1) is 0 Å². The van der Waals surface area contributed by atoms with Gasteiger partial charge in [0.15, 0.2) is 11.5 Å². The number of hydrogen-bond donors (Lipinski definition) is 2. The van der Waals surface area contributed by atoms with Crippen LogP contribution in [-0.4, -0.2) is 32.3 Å². The lowest BCUT2D eigenvalue weighted by atomic mass is 10.1. The van der Waals surface area contributed by atoms with Crippen LogP contribution in [0.1, 0.15) is 31.4 Å². The Hall–Kier alpha value is -1.26. The second-order valence-corrected chi connectivity index (χ2v) is 5.33. The summed E-state index contributed by atoms with van der Waals surface area (Å²) in [4.78, 5) is 0. The van der Waals surface area contributed by atoms with Gasteiger partial charge < -0.3 is 20.1 Å². The summed E-state index contributed by atoms with van der Waals surface area (Å²) in [5.74, 6) is 1.73. The van der Waals surface area contributed by atoms with Gasteiger partial charge in [0.1, 0.15) is 13.2 Å². The van der Waals surface area contributed by atoms with Crippen LogP contribution >= 0.6 is 0 Å². The van der Waals surface area contributed by atoms with Crippen LogP contribution in [0.2, 0.25) is 0 Å². The summed E-state index contributed by atoms with van der Waals surface area (Å²) in [5, 5.41) is 7.09. The van der Waals surface area contributed by atoms with Crippen molar-refractivity contribution in [3.63, 3.8) is 0 Å². The van der Waals surface area contributed by atoms with E-state index in [0.717, 1.165) is 24.6 Å². The van der Waals surface area contributed by atoms with Crippen LogP contribution in [0.5, 0.6) is 11.5 Å². The number of benzene rings is 1. The predicted octanol–water partition coefficient (Wildman–Crippen LogP) is 1.86. The largest absolute Gasteiger partial charge is 0.486 e. The molecular weight excluding hydrogens is 240 g/mol. The Morgan fingerprint density at radius 3 is 2.95 bits per heavy atom. The third kappa shape index (κ3) is 3.01. The molecule has 0 saturated carbocycles. The maximum Gasteiger partial charge on any atom is 0.161 e. The molecule has 2 aliphatic heterocycles. The molecule has 0 aliphatic carbocycles. The van der Waals surface area contributed by atoms with E-state index in [4.69, 9.17) is 9.47 Å². The first-order valence-corrected chi connectivity index (χ1v) is 7.19. The van der Waals surface area contributed by atoms with Crippen LogP contribution in [0.15, 0.2) is 18.2 Å². The maximum atomic E-state index is 5.63. The van der Waals surface area contributed by atoms with Gasteiger partial charge in [-0.2, -0.15) is 0 Å². The molecule has 1 aromatic carbocycles. The minimum absolute atomic E-state index is 0.332. The molecule has 2 unspecified atom stereocenters. The Bertz CT molecular complexity index is 430. The van der Waals surface area contributed by atoms with Crippen molar-refractivity contribution in [1.82, 2.24) is 10.6 Å². The third-order valence-electron chi connectivity index (χ3n) is 3.90. The molecule has 3 rings (SSSR count). The van der Waals surface area contributed by atoms with Crippen molar-refractivity contribution < 1.29 is 9.47 Å². The van der Waals surface area contributed by atoms with E-state index in [1.54, 1.807) is 0 Å². The average molecular weight is 262 g/mol. The first-order chi connectivity index (χ1) is 9.33. The van der Waals surface area contributed by atoms with Crippen molar-refractivity contribution >= 4 is 0 Å². The minimum Gasteiger partial charge on any atom is -0.486 e. The summed E-state index contributed by atoms with van der Waals surface area (Å²) in [7, 11) is 0. The van der Waals surface area contributed by atoms with Gasteiger partial charge in [0, 0.05) is 18.6 Å². The topological polar surface area (TPSA) is 42.5 Å².